The normalized spacial score (nSPS) is 16.0. The van der Waals surface area contributed by atoms with Gasteiger partial charge in [0.1, 0.15) is 0 Å². The molecule has 0 bridgehead atoms. The molecule has 0 spiro atoms. The predicted octanol–water partition coefficient (Wildman–Crippen LogP) is 3.38. The van der Waals surface area contributed by atoms with Gasteiger partial charge in [0, 0.05) is 12.0 Å². The summed E-state index contributed by atoms with van der Waals surface area (Å²) in [5, 5.41) is 0. The molecule has 0 aromatic heterocycles. The second kappa shape index (κ2) is 4.26. The molecule has 0 saturated carbocycles. The summed E-state index contributed by atoms with van der Waals surface area (Å²) in [5.41, 5.74) is 2.71. The van der Waals surface area contributed by atoms with E-state index in [9.17, 15) is 4.79 Å². The molecule has 0 saturated heterocycles. The molecule has 0 unspecified atom stereocenters. The van der Waals surface area contributed by atoms with Crippen LogP contribution in [0.2, 0.25) is 0 Å². The minimum absolute atomic E-state index is 0.232. The largest absolute Gasteiger partial charge is 0.294 e. The number of hydrogen-bond acceptors (Lipinski definition) is 1. The Morgan fingerprint density at radius 3 is 2.60 bits per heavy atom. The fraction of sp³-hybridized carbons (Fsp3) is 0.214. The molecule has 1 heteroatoms. The van der Waals surface area contributed by atoms with E-state index in [0.717, 1.165) is 29.6 Å². The summed E-state index contributed by atoms with van der Waals surface area (Å²) in [5.74, 6) is 0.232. The minimum Gasteiger partial charge on any atom is -0.294 e. The summed E-state index contributed by atoms with van der Waals surface area (Å²) >= 11 is 0. The van der Waals surface area contributed by atoms with Crippen molar-refractivity contribution in [2.24, 2.45) is 0 Å². The average molecular weight is 198 g/mol. The maximum absolute atomic E-state index is 11.7. The van der Waals surface area contributed by atoms with E-state index in [0.29, 0.717) is 6.42 Å². The Bertz CT molecular complexity index is 412. The summed E-state index contributed by atoms with van der Waals surface area (Å²) < 4.78 is 0. The molecule has 76 valence electrons. The van der Waals surface area contributed by atoms with Gasteiger partial charge in [0.05, 0.1) is 0 Å². The zero-order valence-corrected chi connectivity index (χ0v) is 8.70. The maximum Gasteiger partial charge on any atom is 0.163 e. The van der Waals surface area contributed by atoms with Crippen molar-refractivity contribution in [3.63, 3.8) is 0 Å². The number of carbonyl (C=O) groups is 1. The molecule has 1 aliphatic carbocycles. The van der Waals surface area contributed by atoms with E-state index in [2.05, 4.69) is 6.58 Å². The van der Waals surface area contributed by atoms with Crippen LogP contribution in [0.3, 0.4) is 0 Å². The first-order valence-electron chi connectivity index (χ1n) is 5.27. The van der Waals surface area contributed by atoms with Crippen LogP contribution in [0.25, 0.3) is 5.57 Å². The third kappa shape index (κ3) is 2.07. The van der Waals surface area contributed by atoms with Crippen LogP contribution in [0.4, 0.5) is 0 Å². The molecule has 0 aliphatic heterocycles. The Morgan fingerprint density at radius 1 is 1.20 bits per heavy atom. The first-order valence-corrected chi connectivity index (χ1v) is 5.27. The van der Waals surface area contributed by atoms with Crippen molar-refractivity contribution < 1.29 is 4.79 Å². The van der Waals surface area contributed by atoms with Crippen LogP contribution in [0.15, 0.2) is 48.6 Å². The van der Waals surface area contributed by atoms with E-state index in [-0.39, 0.29) is 5.78 Å². The SMILES string of the molecule is C=C(C1=CCCCC1=O)c1ccccc1. The summed E-state index contributed by atoms with van der Waals surface area (Å²) in [6.07, 6.45) is 4.65. The van der Waals surface area contributed by atoms with Crippen LogP contribution < -0.4 is 0 Å². The summed E-state index contributed by atoms with van der Waals surface area (Å²) in [4.78, 5) is 11.7. The van der Waals surface area contributed by atoms with Gasteiger partial charge >= 0.3 is 0 Å². The monoisotopic (exact) mass is 198 g/mol. The van der Waals surface area contributed by atoms with Gasteiger partial charge in [-0.25, -0.2) is 0 Å². The van der Waals surface area contributed by atoms with E-state index in [4.69, 9.17) is 0 Å². The van der Waals surface area contributed by atoms with E-state index in [1.54, 1.807) is 0 Å². The molecule has 0 amide bonds. The standard InChI is InChI=1S/C14H14O/c1-11(12-7-3-2-4-8-12)13-9-5-6-10-14(13)15/h2-4,7-9H,1,5-6,10H2. The molecular weight excluding hydrogens is 184 g/mol. The van der Waals surface area contributed by atoms with Crippen LogP contribution in [0.5, 0.6) is 0 Å². The zero-order valence-electron chi connectivity index (χ0n) is 8.70. The fourth-order valence-corrected chi connectivity index (χ4v) is 1.84. The quantitative estimate of drug-likeness (QED) is 0.712. The third-order valence-corrected chi connectivity index (χ3v) is 2.70. The highest BCUT2D eigenvalue weighted by atomic mass is 16.1. The summed E-state index contributed by atoms with van der Waals surface area (Å²) in [7, 11) is 0. The van der Waals surface area contributed by atoms with Crippen LogP contribution in [-0.2, 0) is 4.79 Å². The van der Waals surface area contributed by atoms with Crippen LogP contribution in [0, 0.1) is 0 Å². The molecule has 1 nitrogen and oxygen atoms in total. The van der Waals surface area contributed by atoms with E-state index in [1.807, 2.05) is 36.4 Å². The Hall–Kier alpha value is -1.63. The molecule has 0 fully saturated rings. The summed E-state index contributed by atoms with van der Waals surface area (Å²) in [6, 6.07) is 9.88. The lowest BCUT2D eigenvalue weighted by Crippen LogP contribution is -2.08. The number of rotatable bonds is 2. The topological polar surface area (TPSA) is 17.1 Å². The molecule has 1 aromatic rings. The van der Waals surface area contributed by atoms with Gasteiger partial charge < -0.3 is 0 Å². The Labute approximate surface area is 90.1 Å². The van der Waals surface area contributed by atoms with Gasteiger partial charge in [0.25, 0.3) is 0 Å². The minimum atomic E-state index is 0.232. The molecule has 0 N–H and O–H groups in total. The van der Waals surface area contributed by atoms with Gasteiger partial charge in [0.15, 0.2) is 5.78 Å². The molecular formula is C14H14O. The molecule has 0 heterocycles. The smallest absolute Gasteiger partial charge is 0.163 e. The van der Waals surface area contributed by atoms with E-state index in [1.165, 1.54) is 0 Å². The van der Waals surface area contributed by atoms with Crippen molar-refractivity contribution in [1.29, 1.82) is 0 Å². The highest BCUT2D eigenvalue weighted by Gasteiger charge is 2.16. The number of hydrogen-bond donors (Lipinski definition) is 0. The van der Waals surface area contributed by atoms with Crippen molar-refractivity contribution in [2.75, 3.05) is 0 Å². The first-order chi connectivity index (χ1) is 7.29. The number of ketones is 1. The number of allylic oxidation sites excluding steroid dienone is 3. The highest BCUT2D eigenvalue weighted by Crippen LogP contribution is 2.26. The van der Waals surface area contributed by atoms with E-state index >= 15 is 0 Å². The predicted molar refractivity (Wildman–Crippen MR) is 62.4 cm³/mol. The van der Waals surface area contributed by atoms with Crippen LogP contribution in [0.1, 0.15) is 24.8 Å². The number of Topliss-reactive ketones (excluding diaryl/α,β-unsaturated/α-hetero) is 1. The molecule has 0 radical (unpaired) electrons. The second-order valence-corrected chi connectivity index (χ2v) is 3.78. The summed E-state index contributed by atoms with van der Waals surface area (Å²) in [6.45, 7) is 4.01. The Balaban J connectivity index is 2.29. The van der Waals surface area contributed by atoms with Gasteiger partial charge in [-0.05, 0) is 24.0 Å². The third-order valence-electron chi connectivity index (χ3n) is 2.70. The van der Waals surface area contributed by atoms with Gasteiger partial charge in [0.2, 0.25) is 0 Å². The van der Waals surface area contributed by atoms with Crippen molar-refractivity contribution in [2.45, 2.75) is 19.3 Å². The average Bonchev–Trinajstić information content (AvgIpc) is 2.30. The number of benzene rings is 1. The van der Waals surface area contributed by atoms with Gasteiger partial charge in [-0.2, -0.15) is 0 Å². The van der Waals surface area contributed by atoms with Crippen LogP contribution >= 0.6 is 0 Å². The lowest BCUT2D eigenvalue weighted by molar-refractivity contribution is -0.115. The molecule has 0 atom stereocenters. The van der Waals surface area contributed by atoms with Crippen molar-refractivity contribution >= 4 is 11.4 Å². The number of carbonyl (C=O) groups excluding carboxylic acids is 1. The highest BCUT2D eigenvalue weighted by molar-refractivity contribution is 6.10. The van der Waals surface area contributed by atoms with Gasteiger partial charge in [-0.3, -0.25) is 4.79 Å². The lowest BCUT2D eigenvalue weighted by Gasteiger charge is -2.14. The van der Waals surface area contributed by atoms with Gasteiger partial charge in [-0.1, -0.05) is 43.0 Å². The Kier molecular flexibility index (Phi) is 2.82. The Morgan fingerprint density at radius 2 is 1.93 bits per heavy atom. The first kappa shape index (κ1) is 9.91. The molecule has 2 rings (SSSR count). The van der Waals surface area contributed by atoms with Crippen LogP contribution in [-0.4, -0.2) is 5.78 Å². The van der Waals surface area contributed by atoms with Crippen molar-refractivity contribution in [1.82, 2.24) is 0 Å². The van der Waals surface area contributed by atoms with Gasteiger partial charge in [-0.15, -0.1) is 0 Å². The maximum atomic E-state index is 11.7. The van der Waals surface area contributed by atoms with Crippen molar-refractivity contribution in [3.8, 4) is 0 Å². The zero-order chi connectivity index (χ0) is 10.7. The fourth-order valence-electron chi connectivity index (χ4n) is 1.84. The lowest BCUT2D eigenvalue weighted by atomic mass is 9.89. The molecule has 15 heavy (non-hydrogen) atoms. The van der Waals surface area contributed by atoms with Crippen molar-refractivity contribution in [3.05, 3.63) is 54.1 Å². The molecule has 1 aromatic carbocycles. The van der Waals surface area contributed by atoms with E-state index < -0.39 is 0 Å². The second-order valence-electron chi connectivity index (χ2n) is 3.78. The molecule has 1 aliphatic rings.